The zero-order valence-corrected chi connectivity index (χ0v) is 18.0. The van der Waals surface area contributed by atoms with Crippen LogP contribution in [-0.4, -0.2) is 58.3 Å². The molecule has 1 heterocycles. The van der Waals surface area contributed by atoms with Gasteiger partial charge in [-0.05, 0) is 35.4 Å². The second-order valence-electron chi connectivity index (χ2n) is 7.04. The third kappa shape index (κ3) is 5.32. The maximum atomic E-state index is 12.8. The van der Waals surface area contributed by atoms with Crippen LogP contribution in [-0.2, 0) is 19.6 Å². The molecule has 2 aromatic carbocycles. The number of carbonyl (C=O) groups is 2. The third-order valence-corrected chi connectivity index (χ3v) is 5.43. The van der Waals surface area contributed by atoms with E-state index in [-0.39, 0.29) is 24.7 Å². The summed E-state index contributed by atoms with van der Waals surface area (Å²) in [5, 5.41) is 8.96. The molecule has 3 rings (SSSR count). The van der Waals surface area contributed by atoms with E-state index in [0.717, 1.165) is 17.4 Å². The molecule has 31 heavy (non-hydrogen) atoms. The Kier molecular flexibility index (Phi) is 6.46. The van der Waals surface area contributed by atoms with Gasteiger partial charge in [-0.1, -0.05) is 18.2 Å². The van der Waals surface area contributed by atoms with Gasteiger partial charge < -0.3 is 9.64 Å². The number of nitrogens with zero attached hydrogens (tertiary/aromatic N) is 3. The molecule has 1 saturated heterocycles. The zero-order chi connectivity index (χ0) is 22.6. The Morgan fingerprint density at radius 3 is 2.45 bits per heavy atom. The van der Waals surface area contributed by atoms with E-state index in [4.69, 9.17) is 5.26 Å². The maximum Gasteiger partial charge on any atom is 0.324 e. The number of rotatable bonds is 7. The first-order valence-corrected chi connectivity index (χ1v) is 11.4. The summed E-state index contributed by atoms with van der Waals surface area (Å²) in [5.41, 5.74) is 2.74. The number of anilines is 2. The number of benzene rings is 2. The minimum Gasteiger partial charge on any atom is -0.469 e. The highest BCUT2D eigenvalue weighted by atomic mass is 32.2. The molecule has 0 radical (unpaired) electrons. The quantitative estimate of drug-likeness (QED) is 0.658. The Labute approximate surface area is 180 Å². The van der Waals surface area contributed by atoms with E-state index in [9.17, 15) is 18.0 Å². The molecule has 0 aliphatic carbocycles. The van der Waals surface area contributed by atoms with E-state index in [1.807, 2.05) is 0 Å². The van der Waals surface area contributed by atoms with Gasteiger partial charge in [-0.15, -0.1) is 0 Å². The van der Waals surface area contributed by atoms with E-state index >= 15 is 0 Å². The molecule has 1 aliphatic rings. The predicted molar refractivity (Wildman–Crippen MR) is 116 cm³/mol. The second-order valence-corrected chi connectivity index (χ2v) is 8.79. The van der Waals surface area contributed by atoms with Crippen LogP contribution in [0.1, 0.15) is 12.0 Å². The average Bonchev–Trinajstić information content (AvgIpc) is 3.11. The van der Waals surface area contributed by atoms with Crippen molar-refractivity contribution in [2.24, 2.45) is 0 Å². The highest BCUT2D eigenvalue weighted by Gasteiger charge is 2.31. The monoisotopic (exact) mass is 442 g/mol. The van der Waals surface area contributed by atoms with Gasteiger partial charge in [0, 0.05) is 19.6 Å². The van der Waals surface area contributed by atoms with Gasteiger partial charge >= 0.3 is 12.0 Å². The molecule has 10 heteroatoms. The number of nitriles is 1. The first-order valence-electron chi connectivity index (χ1n) is 9.47. The first kappa shape index (κ1) is 22.1. The van der Waals surface area contributed by atoms with Gasteiger partial charge in [0.1, 0.15) is 0 Å². The van der Waals surface area contributed by atoms with Crippen molar-refractivity contribution < 1.29 is 22.7 Å². The molecule has 0 bridgehead atoms. The molecule has 2 aromatic rings. The molecule has 9 nitrogen and oxygen atoms in total. The van der Waals surface area contributed by atoms with Crippen LogP contribution in [0.3, 0.4) is 0 Å². The highest BCUT2D eigenvalue weighted by molar-refractivity contribution is 7.92. The van der Waals surface area contributed by atoms with Gasteiger partial charge in [0.25, 0.3) is 0 Å². The molecule has 0 saturated carbocycles. The van der Waals surface area contributed by atoms with Crippen molar-refractivity contribution in [2.45, 2.75) is 6.42 Å². The number of amides is 2. The fourth-order valence-electron chi connectivity index (χ4n) is 3.31. The lowest BCUT2D eigenvalue weighted by atomic mass is 10.0. The lowest BCUT2D eigenvalue weighted by Gasteiger charge is -2.22. The third-order valence-electron chi connectivity index (χ3n) is 4.84. The fourth-order valence-corrected chi connectivity index (χ4v) is 3.87. The number of hydrogen-bond donors (Lipinski definition) is 1. The van der Waals surface area contributed by atoms with Gasteiger partial charge in [0.05, 0.1) is 42.8 Å². The number of hydrogen-bond acceptors (Lipinski definition) is 6. The normalized spacial score (nSPS) is 13.8. The summed E-state index contributed by atoms with van der Waals surface area (Å²) in [6.07, 6.45) is 1.13. The zero-order valence-electron chi connectivity index (χ0n) is 17.2. The molecule has 1 N–H and O–H groups in total. The van der Waals surface area contributed by atoms with E-state index in [2.05, 4.69) is 15.5 Å². The molecule has 162 valence electrons. The second kappa shape index (κ2) is 9.06. The number of esters is 1. The first-order chi connectivity index (χ1) is 14.7. The average molecular weight is 442 g/mol. The minimum atomic E-state index is -3.60. The van der Waals surface area contributed by atoms with Gasteiger partial charge in [-0.2, -0.15) is 5.26 Å². The molecule has 0 spiro atoms. The molecular formula is C21H22N4O5S. The van der Waals surface area contributed by atoms with Crippen molar-refractivity contribution in [2.75, 3.05) is 42.6 Å². The van der Waals surface area contributed by atoms with Crippen LogP contribution in [0, 0.1) is 11.3 Å². The largest absolute Gasteiger partial charge is 0.469 e. The standard InChI is InChI=1S/C21H22N4O5S/c1-30-20(26)9-10-24-11-12-25(21(24)27)19-8-7-17(13-18(19)23-31(2,28)29)16-5-3-15(14-22)4-6-16/h3-8,13,23H,9-12H2,1-2H3. The van der Waals surface area contributed by atoms with Crippen molar-refractivity contribution in [1.29, 1.82) is 5.26 Å². The van der Waals surface area contributed by atoms with Crippen molar-refractivity contribution in [3.05, 3.63) is 48.0 Å². The number of carbonyl (C=O) groups excluding carboxylic acids is 2. The van der Waals surface area contributed by atoms with Gasteiger partial charge in [0.15, 0.2) is 0 Å². The number of urea groups is 1. The SMILES string of the molecule is COC(=O)CCN1CCN(c2ccc(-c3ccc(C#N)cc3)cc2NS(C)(=O)=O)C1=O. The van der Waals surface area contributed by atoms with Crippen LogP contribution < -0.4 is 9.62 Å². The molecule has 0 unspecified atom stereocenters. The van der Waals surface area contributed by atoms with E-state index in [1.54, 1.807) is 42.5 Å². The lowest BCUT2D eigenvalue weighted by molar-refractivity contribution is -0.140. The Morgan fingerprint density at radius 2 is 1.84 bits per heavy atom. The van der Waals surface area contributed by atoms with Crippen molar-refractivity contribution in [3.8, 4) is 17.2 Å². The van der Waals surface area contributed by atoms with E-state index < -0.39 is 16.0 Å². The Hall–Kier alpha value is -3.58. The van der Waals surface area contributed by atoms with Crippen molar-refractivity contribution in [3.63, 3.8) is 0 Å². The lowest BCUT2D eigenvalue weighted by Crippen LogP contribution is -2.33. The van der Waals surface area contributed by atoms with Crippen molar-refractivity contribution in [1.82, 2.24) is 4.90 Å². The minimum absolute atomic E-state index is 0.0855. The number of ether oxygens (including phenoxy) is 1. The fraction of sp³-hybridized carbons (Fsp3) is 0.286. The topological polar surface area (TPSA) is 120 Å². The molecule has 1 aliphatic heterocycles. The summed E-state index contributed by atoms with van der Waals surface area (Å²) in [6.45, 7) is 0.986. The molecule has 2 amide bonds. The number of sulfonamides is 1. The van der Waals surface area contributed by atoms with Crippen LogP contribution in [0.2, 0.25) is 0 Å². The summed E-state index contributed by atoms with van der Waals surface area (Å²) < 4.78 is 31.0. The number of nitrogens with one attached hydrogen (secondary N) is 1. The van der Waals surface area contributed by atoms with Crippen LogP contribution >= 0.6 is 0 Å². The highest BCUT2D eigenvalue weighted by Crippen LogP contribution is 2.34. The summed E-state index contributed by atoms with van der Waals surface area (Å²) in [7, 11) is -2.31. The van der Waals surface area contributed by atoms with Crippen LogP contribution in [0.4, 0.5) is 16.2 Å². The van der Waals surface area contributed by atoms with Crippen LogP contribution in [0.25, 0.3) is 11.1 Å². The summed E-state index contributed by atoms with van der Waals surface area (Å²) in [4.78, 5) is 27.2. The Balaban J connectivity index is 1.91. The molecule has 1 fully saturated rings. The predicted octanol–water partition coefficient (Wildman–Crippen LogP) is 2.40. The molecule has 0 aromatic heterocycles. The summed E-state index contributed by atoms with van der Waals surface area (Å²) >= 11 is 0. The van der Waals surface area contributed by atoms with E-state index in [1.165, 1.54) is 16.9 Å². The van der Waals surface area contributed by atoms with Gasteiger partial charge in [-0.3, -0.25) is 14.4 Å². The summed E-state index contributed by atoms with van der Waals surface area (Å²) in [5.74, 6) is -0.405. The molecule has 0 atom stereocenters. The van der Waals surface area contributed by atoms with E-state index in [0.29, 0.717) is 24.3 Å². The van der Waals surface area contributed by atoms with Crippen LogP contribution in [0.5, 0.6) is 0 Å². The van der Waals surface area contributed by atoms with Crippen LogP contribution in [0.15, 0.2) is 42.5 Å². The smallest absolute Gasteiger partial charge is 0.324 e. The van der Waals surface area contributed by atoms with Gasteiger partial charge in [0.2, 0.25) is 10.0 Å². The summed E-state index contributed by atoms with van der Waals surface area (Å²) in [6, 6.07) is 13.8. The Bertz CT molecular complexity index is 1140. The van der Waals surface area contributed by atoms with Crippen molar-refractivity contribution >= 4 is 33.4 Å². The molecular weight excluding hydrogens is 420 g/mol. The Morgan fingerprint density at radius 1 is 1.16 bits per heavy atom. The maximum absolute atomic E-state index is 12.8. The van der Waals surface area contributed by atoms with Gasteiger partial charge in [-0.25, -0.2) is 13.2 Å². The number of methoxy groups -OCH3 is 1.